The second kappa shape index (κ2) is 4.39. The van der Waals surface area contributed by atoms with Crippen molar-refractivity contribution in [2.45, 2.75) is 18.7 Å². The summed E-state index contributed by atoms with van der Waals surface area (Å²) in [5, 5.41) is 4.14. The van der Waals surface area contributed by atoms with Gasteiger partial charge >= 0.3 is 0 Å². The van der Waals surface area contributed by atoms with Gasteiger partial charge in [-0.05, 0) is 66.5 Å². The number of fused-ring (bicyclic) bond motifs is 1. The molecule has 0 aliphatic rings. The van der Waals surface area contributed by atoms with Gasteiger partial charge in [-0.15, -0.1) is 12.6 Å². The summed E-state index contributed by atoms with van der Waals surface area (Å²) in [5.74, 6) is 0. The second-order valence-corrected chi connectivity index (χ2v) is 7.23. The maximum absolute atomic E-state index is 4.53. The molecule has 0 unspecified atom stereocenters. The predicted octanol–water partition coefficient (Wildman–Crippen LogP) is 4.11. The van der Waals surface area contributed by atoms with E-state index < -0.39 is 0 Å². The number of hydrogen-bond acceptors (Lipinski definition) is 1. The Bertz CT molecular complexity index is 544. The minimum absolute atomic E-state index is 0.0207. The fraction of sp³-hybridized carbons (Fsp3) is 0.286. The van der Waals surface area contributed by atoms with Crippen molar-refractivity contribution >= 4 is 36.6 Å². The number of hydrogen-bond donors (Lipinski definition) is 1. The van der Waals surface area contributed by atoms with E-state index in [1.807, 2.05) is 0 Å². The molecule has 0 saturated heterocycles. The smallest absolute Gasteiger partial charge is 0.00782 e. The topological polar surface area (TPSA) is 0 Å². The molecule has 0 atom stereocenters. The van der Waals surface area contributed by atoms with Gasteiger partial charge in [0.1, 0.15) is 0 Å². The molecule has 0 nitrogen and oxygen atoms in total. The SMILES string of the molecule is Cc1c(S)cc2cc(P(C)C)ccc2c1C. The Morgan fingerprint density at radius 1 is 1.00 bits per heavy atom. The summed E-state index contributed by atoms with van der Waals surface area (Å²) in [6.07, 6.45) is 0. The minimum Gasteiger partial charge on any atom is -0.143 e. The molecule has 2 aromatic rings. The lowest BCUT2D eigenvalue weighted by molar-refractivity contribution is 1.27. The van der Waals surface area contributed by atoms with Crippen molar-refractivity contribution in [1.29, 1.82) is 0 Å². The molecule has 0 saturated carbocycles. The van der Waals surface area contributed by atoms with E-state index in [2.05, 4.69) is 64.1 Å². The molecule has 0 amide bonds. The Balaban J connectivity index is 2.76. The first-order valence-corrected chi connectivity index (χ1v) is 8.09. The third-order valence-electron chi connectivity index (χ3n) is 3.19. The molecule has 0 radical (unpaired) electrons. The standard InChI is InChI=1S/C14H17PS/c1-9-10(2)14(16)8-11-7-12(15(3)4)5-6-13(9)11/h5-8,16H,1-4H3. The monoisotopic (exact) mass is 248 g/mol. The highest BCUT2D eigenvalue weighted by Crippen LogP contribution is 2.30. The number of rotatable bonds is 1. The maximum atomic E-state index is 4.53. The first-order valence-electron chi connectivity index (χ1n) is 5.41. The molecule has 0 spiro atoms. The van der Waals surface area contributed by atoms with E-state index in [9.17, 15) is 0 Å². The highest BCUT2D eigenvalue weighted by atomic mass is 32.1. The second-order valence-electron chi connectivity index (χ2n) is 4.45. The van der Waals surface area contributed by atoms with Crippen LogP contribution in [0.5, 0.6) is 0 Å². The van der Waals surface area contributed by atoms with E-state index in [1.165, 1.54) is 27.2 Å². The van der Waals surface area contributed by atoms with Crippen molar-refractivity contribution in [3.63, 3.8) is 0 Å². The molecule has 16 heavy (non-hydrogen) atoms. The van der Waals surface area contributed by atoms with E-state index in [0.717, 1.165) is 4.90 Å². The van der Waals surface area contributed by atoms with Gasteiger partial charge in [0, 0.05) is 4.90 Å². The average Bonchev–Trinajstić information content (AvgIpc) is 2.25. The molecule has 0 aromatic heterocycles. The lowest BCUT2D eigenvalue weighted by atomic mass is 10.0. The quantitative estimate of drug-likeness (QED) is 0.570. The number of benzene rings is 2. The number of aryl methyl sites for hydroxylation is 1. The molecule has 0 bridgehead atoms. The van der Waals surface area contributed by atoms with Crippen LogP contribution in [-0.2, 0) is 0 Å². The Hall–Kier alpha value is -0.520. The van der Waals surface area contributed by atoms with Gasteiger partial charge in [-0.25, -0.2) is 0 Å². The number of thiol groups is 1. The first kappa shape index (κ1) is 12.0. The van der Waals surface area contributed by atoms with Gasteiger partial charge in [-0.3, -0.25) is 0 Å². The van der Waals surface area contributed by atoms with Crippen LogP contribution in [-0.4, -0.2) is 13.3 Å². The summed E-state index contributed by atoms with van der Waals surface area (Å²) in [5.41, 5.74) is 2.64. The van der Waals surface area contributed by atoms with E-state index in [1.54, 1.807) is 0 Å². The summed E-state index contributed by atoms with van der Waals surface area (Å²) in [7, 11) is -0.0207. The van der Waals surface area contributed by atoms with Gasteiger partial charge in [-0.1, -0.05) is 20.1 Å². The lowest BCUT2D eigenvalue weighted by Crippen LogP contribution is -1.99. The summed E-state index contributed by atoms with van der Waals surface area (Å²) in [6, 6.07) is 9.01. The zero-order chi connectivity index (χ0) is 11.9. The summed E-state index contributed by atoms with van der Waals surface area (Å²) in [4.78, 5) is 1.10. The maximum Gasteiger partial charge on any atom is 0.00782 e. The Morgan fingerprint density at radius 3 is 2.31 bits per heavy atom. The highest BCUT2D eigenvalue weighted by molar-refractivity contribution is 7.80. The van der Waals surface area contributed by atoms with Crippen molar-refractivity contribution < 1.29 is 0 Å². The average molecular weight is 248 g/mol. The third-order valence-corrected chi connectivity index (χ3v) is 4.97. The molecule has 0 heterocycles. The first-order chi connectivity index (χ1) is 7.50. The fourth-order valence-corrected chi connectivity index (χ4v) is 3.02. The van der Waals surface area contributed by atoms with E-state index >= 15 is 0 Å². The van der Waals surface area contributed by atoms with Gasteiger partial charge in [0.25, 0.3) is 0 Å². The van der Waals surface area contributed by atoms with Crippen LogP contribution >= 0.6 is 20.6 Å². The molecular formula is C14H17PS. The molecule has 0 fully saturated rings. The Kier molecular flexibility index (Phi) is 3.28. The highest BCUT2D eigenvalue weighted by Gasteiger charge is 2.06. The lowest BCUT2D eigenvalue weighted by Gasteiger charge is -2.12. The summed E-state index contributed by atoms with van der Waals surface area (Å²) < 4.78 is 0. The van der Waals surface area contributed by atoms with Crippen molar-refractivity contribution in [2.75, 3.05) is 13.3 Å². The van der Waals surface area contributed by atoms with Gasteiger partial charge < -0.3 is 0 Å². The van der Waals surface area contributed by atoms with Gasteiger partial charge in [-0.2, -0.15) is 0 Å². The van der Waals surface area contributed by atoms with Gasteiger partial charge in [0.2, 0.25) is 0 Å². The molecule has 84 valence electrons. The van der Waals surface area contributed by atoms with Gasteiger partial charge in [0.15, 0.2) is 0 Å². The molecule has 2 aromatic carbocycles. The van der Waals surface area contributed by atoms with Crippen LogP contribution < -0.4 is 5.30 Å². The molecule has 0 aliphatic heterocycles. The van der Waals surface area contributed by atoms with Crippen molar-refractivity contribution in [3.8, 4) is 0 Å². The van der Waals surface area contributed by atoms with E-state index in [0.29, 0.717) is 0 Å². The molecular weight excluding hydrogens is 231 g/mol. The Morgan fingerprint density at radius 2 is 1.69 bits per heavy atom. The van der Waals surface area contributed by atoms with Crippen LogP contribution in [0.3, 0.4) is 0 Å². The largest absolute Gasteiger partial charge is 0.143 e. The molecule has 2 rings (SSSR count). The van der Waals surface area contributed by atoms with Crippen LogP contribution in [0.2, 0.25) is 0 Å². The summed E-state index contributed by atoms with van der Waals surface area (Å²) in [6.45, 7) is 8.90. The van der Waals surface area contributed by atoms with Gasteiger partial charge in [0.05, 0.1) is 0 Å². The zero-order valence-corrected chi connectivity index (χ0v) is 12.0. The van der Waals surface area contributed by atoms with E-state index in [-0.39, 0.29) is 7.92 Å². The van der Waals surface area contributed by atoms with Crippen LogP contribution in [0, 0.1) is 13.8 Å². The van der Waals surface area contributed by atoms with Crippen LogP contribution in [0.15, 0.2) is 29.2 Å². The molecule has 2 heteroatoms. The third kappa shape index (κ3) is 1.99. The fourth-order valence-electron chi connectivity index (χ4n) is 1.94. The van der Waals surface area contributed by atoms with Crippen LogP contribution in [0.1, 0.15) is 11.1 Å². The Labute approximate surface area is 104 Å². The minimum atomic E-state index is -0.0207. The molecule has 0 aliphatic carbocycles. The van der Waals surface area contributed by atoms with Crippen molar-refractivity contribution in [1.82, 2.24) is 0 Å². The van der Waals surface area contributed by atoms with Crippen LogP contribution in [0.25, 0.3) is 10.8 Å². The summed E-state index contributed by atoms with van der Waals surface area (Å²) >= 11 is 4.53. The van der Waals surface area contributed by atoms with Crippen molar-refractivity contribution in [3.05, 3.63) is 35.4 Å². The molecule has 0 N–H and O–H groups in total. The normalized spacial score (nSPS) is 11.4. The van der Waals surface area contributed by atoms with E-state index in [4.69, 9.17) is 0 Å². The predicted molar refractivity (Wildman–Crippen MR) is 79.1 cm³/mol. The van der Waals surface area contributed by atoms with Crippen molar-refractivity contribution in [2.24, 2.45) is 0 Å². The van der Waals surface area contributed by atoms with Crippen LogP contribution in [0.4, 0.5) is 0 Å². The zero-order valence-electron chi connectivity index (χ0n) is 10.2.